The normalized spacial score (nSPS) is 11.8. The van der Waals surface area contributed by atoms with Gasteiger partial charge in [0.25, 0.3) is 0 Å². The Morgan fingerprint density at radius 3 is 2.75 bits per heavy atom. The summed E-state index contributed by atoms with van der Waals surface area (Å²) in [6.07, 6.45) is 1.69. The minimum absolute atomic E-state index is 0.111. The van der Waals surface area contributed by atoms with Gasteiger partial charge in [0.2, 0.25) is 5.13 Å². The van der Waals surface area contributed by atoms with Gasteiger partial charge >= 0.3 is 5.97 Å². The molecule has 0 aliphatic heterocycles. The van der Waals surface area contributed by atoms with Crippen molar-refractivity contribution in [2.24, 2.45) is 5.10 Å². The predicted molar refractivity (Wildman–Crippen MR) is 124 cm³/mol. The van der Waals surface area contributed by atoms with Gasteiger partial charge in [-0.25, -0.2) is 9.19 Å². The number of rotatable bonds is 10. The van der Waals surface area contributed by atoms with E-state index in [0.717, 1.165) is 0 Å². The average molecular weight is 474 g/mol. The fourth-order valence-electron chi connectivity index (χ4n) is 2.76. The van der Waals surface area contributed by atoms with E-state index in [0.29, 0.717) is 44.3 Å². The lowest BCUT2D eigenvalue weighted by atomic mass is 10.2. The summed E-state index contributed by atoms with van der Waals surface area (Å²) in [6, 6.07) is 12.4. The third-order valence-electron chi connectivity index (χ3n) is 4.24. The van der Waals surface area contributed by atoms with Gasteiger partial charge in [-0.2, -0.15) is 5.10 Å². The third-order valence-corrected chi connectivity index (χ3v) is 6.52. The van der Waals surface area contributed by atoms with Crippen molar-refractivity contribution in [2.45, 2.75) is 23.1 Å². The van der Waals surface area contributed by atoms with E-state index < -0.39 is 10.8 Å². The predicted octanol–water partition coefficient (Wildman–Crippen LogP) is 3.88. The molecule has 0 saturated heterocycles. The molecule has 10 heteroatoms. The molecule has 1 heterocycles. The lowest BCUT2D eigenvalue weighted by Gasteiger charge is -2.11. The highest BCUT2D eigenvalue weighted by Gasteiger charge is 2.17. The molecule has 1 N–H and O–H groups in total. The number of carbonyl (C=O) groups is 1. The molecule has 168 valence electrons. The first-order valence-corrected chi connectivity index (χ1v) is 11.7. The molecule has 0 spiro atoms. The second-order valence-electron chi connectivity index (χ2n) is 6.32. The zero-order valence-electron chi connectivity index (χ0n) is 17.9. The van der Waals surface area contributed by atoms with Gasteiger partial charge in [0.1, 0.15) is 11.5 Å². The lowest BCUT2D eigenvalue weighted by molar-refractivity contribution is -0.142. The van der Waals surface area contributed by atoms with Crippen LogP contribution in [0.2, 0.25) is 0 Å². The number of hydrogen-bond acceptors (Lipinski definition) is 9. The monoisotopic (exact) mass is 473 g/mol. The van der Waals surface area contributed by atoms with Gasteiger partial charge in [-0.1, -0.05) is 18.2 Å². The van der Waals surface area contributed by atoms with Gasteiger partial charge in [-0.3, -0.25) is 10.2 Å². The number of nitrogens with zero attached hydrogens (tertiary/aromatic N) is 2. The molecule has 1 aromatic heterocycles. The summed E-state index contributed by atoms with van der Waals surface area (Å²) in [5, 5.41) is 6.53. The Hall–Kier alpha value is -3.24. The minimum atomic E-state index is -1.52. The van der Waals surface area contributed by atoms with Crippen molar-refractivity contribution in [3.8, 4) is 11.5 Å². The van der Waals surface area contributed by atoms with E-state index in [1.54, 1.807) is 49.9 Å². The summed E-state index contributed by atoms with van der Waals surface area (Å²) in [5.41, 5.74) is 4.13. The van der Waals surface area contributed by atoms with Crippen LogP contribution >= 0.6 is 11.3 Å². The summed E-state index contributed by atoms with van der Waals surface area (Å²) in [5.74, 6) is 0.771. The quantitative estimate of drug-likeness (QED) is 0.271. The third kappa shape index (κ3) is 5.92. The Morgan fingerprint density at radius 1 is 1.19 bits per heavy atom. The van der Waals surface area contributed by atoms with E-state index in [9.17, 15) is 9.00 Å². The summed E-state index contributed by atoms with van der Waals surface area (Å²) in [7, 11) is 1.56. The van der Waals surface area contributed by atoms with Crippen molar-refractivity contribution in [3.05, 3.63) is 59.1 Å². The van der Waals surface area contributed by atoms with Crippen molar-refractivity contribution >= 4 is 39.5 Å². The molecular formula is C22H23N3O5S2. The molecule has 3 rings (SSSR count). The molecule has 32 heavy (non-hydrogen) atoms. The highest BCUT2D eigenvalue weighted by molar-refractivity contribution is 7.85. The van der Waals surface area contributed by atoms with Crippen LogP contribution in [0, 0.1) is 0 Å². The number of hydrazone groups is 1. The number of hydrogen-bond donors (Lipinski definition) is 1. The van der Waals surface area contributed by atoms with E-state index in [1.807, 2.05) is 18.2 Å². The van der Waals surface area contributed by atoms with Gasteiger partial charge in [0, 0.05) is 17.0 Å². The van der Waals surface area contributed by atoms with E-state index in [4.69, 9.17) is 14.2 Å². The van der Waals surface area contributed by atoms with Gasteiger partial charge in [-0.05, 0) is 25.1 Å². The summed E-state index contributed by atoms with van der Waals surface area (Å²) in [6.45, 7) is 2.09. The van der Waals surface area contributed by atoms with Gasteiger partial charge in [0.05, 0.1) is 59.7 Å². The molecule has 8 nitrogen and oxygen atoms in total. The largest absolute Gasteiger partial charge is 0.497 e. The van der Waals surface area contributed by atoms with Crippen molar-refractivity contribution in [3.63, 3.8) is 0 Å². The second kappa shape index (κ2) is 11.4. The molecular weight excluding hydrogens is 450 g/mol. The van der Waals surface area contributed by atoms with Crippen LogP contribution in [-0.4, -0.2) is 42.2 Å². The molecule has 2 aromatic carbocycles. The maximum absolute atomic E-state index is 13.3. The van der Waals surface area contributed by atoms with Crippen LogP contribution in [0.4, 0.5) is 5.13 Å². The Balaban J connectivity index is 1.76. The number of nitrogens with one attached hydrogen (secondary N) is 1. The van der Waals surface area contributed by atoms with E-state index in [2.05, 4.69) is 15.5 Å². The molecule has 0 bridgehead atoms. The maximum atomic E-state index is 13.3. The lowest BCUT2D eigenvalue weighted by Crippen LogP contribution is -2.07. The van der Waals surface area contributed by atoms with Crippen LogP contribution < -0.4 is 14.9 Å². The number of benzene rings is 2. The molecule has 0 aliphatic rings. The topological polar surface area (TPSA) is 99.1 Å². The molecule has 3 aromatic rings. The first kappa shape index (κ1) is 23.4. The highest BCUT2D eigenvalue weighted by atomic mass is 32.2. The SMILES string of the molecule is CCOC(=O)Cc1csc(NN=Cc2ccccc2S(=O)c2cc(OC)ccc2OC)n1. The zero-order valence-corrected chi connectivity index (χ0v) is 19.5. The molecule has 1 unspecified atom stereocenters. The number of ether oxygens (including phenoxy) is 3. The number of thiazole rings is 1. The van der Waals surface area contributed by atoms with Crippen molar-refractivity contribution in [1.29, 1.82) is 0 Å². The Morgan fingerprint density at radius 2 is 2.00 bits per heavy atom. The summed E-state index contributed by atoms with van der Waals surface area (Å²) in [4.78, 5) is 17.0. The van der Waals surface area contributed by atoms with Crippen LogP contribution in [0.3, 0.4) is 0 Å². The number of anilines is 1. The molecule has 0 aliphatic carbocycles. The van der Waals surface area contributed by atoms with Crippen molar-refractivity contribution in [1.82, 2.24) is 4.98 Å². The summed E-state index contributed by atoms with van der Waals surface area (Å²) < 4.78 is 28.9. The smallest absolute Gasteiger partial charge is 0.311 e. The first-order chi connectivity index (χ1) is 15.5. The van der Waals surface area contributed by atoms with Gasteiger partial charge in [-0.15, -0.1) is 11.3 Å². The standard InChI is InChI=1S/C22H23N3O5S2/c1-4-30-21(26)11-16-14-31-22(24-16)25-23-13-15-7-5-6-8-19(15)32(27)20-12-17(28-2)9-10-18(20)29-3/h5-10,12-14H,4,11H2,1-3H3,(H,24,25). The van der Waals surface area contributed by atoms with Crippen molar-refractivity contribution < 1.29 is 23.2 Å². The average Bonchev–Trinajstić information content (AvgIpc) is 3.25. The van der Waals surface area contributed by atoms with E-state index in [1.165, 1.54) is 18.4 Å². The zero-order chi connectivity index (χ0) is 22.9. The number of esters is 1. The first-order valence-electron chi connectivity index (χ1n) is 9.67. The molecule has 0 radical (unpaired) electrons. The van der Waals surface area contributed by atoms with Crippen LogP contribution in [-0.2, 0) is 26.8 Å². The second-order valence-corrected chi connectivity index (χ2v) is 8.59. The Bertz CT molecular complexity index is 1130. The number of aromatic nitrogens is 1. The molecule has 0 amide bonds. The Labute approximate surface area is 192 Å². The number of carbonyl (C=O) groups excluding carboxylic acids is 1. The number of methoxy groups -OCH3 is 2. The maximum Gasteiger partial charge on any atom is 0.311 e. The fraction of sp³-hybridized carbons (Fsp3) is 0.227. The van der Waals surface area contributed by atoms with Gasteiger partial charge in [0.15, 0.2) is 0 Å². The van der Waals surface area contributed by atoms with Gasteiger partial charge < -0.3 is 14.2 Å². The molecule has 1 atom stereocenters. The van der Waals surface area contributed by atoms with E-state index in [-0.39, 0.29) is 12.4 Å². The van der Waals surface area contributed by atoms with Crippen molar-refractivity contribution in [2.75, 3.05) is 26.3 Å². The minimum Gasteiger partial charge on any atom is -0.497 e. The van der Waals surface area contributed by atoms with Crippen LogP contribution in [0.15, 0.2) is 62.7 Å². The molecule has 0 fully saturated rings. The van der Waals surface area contributed by atoms with Crippen LogP contribution in [0.1, 0.15) is 18.2 Å². The van der Waals surface area contributed by atoms with Crippen LogP contribution in [0.25, 0.3) is 0 Å². The Kier molecular flexibility index (Phi) is 8.34. The summed E-state index contributed by atoms with van der Waals surface area (Å²) >= 11 is 1.33. The fourth-order valence-corrected chi connectivity index (χ4v) is 4.75. The van der Waals surface area contributed by atoms with E-state index >= 15 is 0 Å². The van der Waals surface area contributed by atoms with Crippen LogP contribution in [0.5, 0.6) is 11.5 Å². The highest BCUT2D eigenvalue weighted by Crippen LogP contribution is 2.31. The molecule has 0 saturated carbocycles.